The predicted molar refractivity (Wildman–Crippen MR) is 148 cm³/mol. The number of amides is 1. The summed E-state index contributed by atoms with van der Waals surface area (Å²) >= 11 is 5.31. The lowest BCUT2D eigenvalue weighted by atomic mass is 10.1. The van der Waals surface area contributed by atoms with Crippen molar-refractivity contribution in [3.63, 3.8) is 0 Å². The second-order valence-electron chi connectivity index (χ2n) is 8.82. The second kappa shape index (κ2) is 13.0. The zero-order valence-electron chi connectivity index (χ0n) is 20.3. The Bertz CT molecular complexity index is 1200. The Balaban J connectivity index is 1.26. The Hall–Kier alpha value is -2.53. The Morgan fingerprint density at radius 3 is 2.45 bits per heavy atom. The molecular formula is C23H29FN4O7P2S. The fraction of sp³-hybridized carbons (Fsp3) is 0.391. The van der Waals surface area contributed by atoms with Gasteiger partial charge in [0.25, 0.3) is 0 Å². The van der Waals surface area contributed by atoms with Crippen molar-refractivity contribution in [2.24, 2.45) is 0 Å². The molecule has 0 saturated carbocycles. The summed E-state index contributed by atoms with van der Waals surface area (Å²) < 4.78 is 48.1. The van der Waals surface area contributed by atoms with Gasteiger partial charge in [0.2, 0.25) is 16.1 Å². The summed E-state index contributed by atoms with van der Waals surface area (Å²) in [4.78, 5) is 34.2. The van der Waals surface area contributed by atoms with E-state index in [0.717, 1.165) is 0 Å². The molecular weight excluding hydrogens is 557 g/mol. The van der Waals surface area contributed by atoms with Crippen LogP contribution in [0.15, 0.2) is 42.5 Å². The first-order valence-corrected chi connectivity index (χ1v) is 15.2. The van der Waals surface area contributed by atoms with Crippen LogP contribution in [0.3, 0.4) is 0 Å². The van der Waals surface area contributed by atoms with Crippen molar-refractivity contribution < 1.29 is 37.6 Å². The van der Waals surface area contributed by atoms with E-state index >= 15 is 0 Å². The van der Waals surface area contributed by atoms with Crippen LogP contribution in [0, 0.1) is 5.82 Å². The van der Waals surface area contributed by atoms with E-state index in [2.05, 4.69) is 10.6 Å². The number of halogens is 1. The van der Waals surface area contributed by atoms with Gasteiger partial charge in [-0.25, -0.2) is 9.18 Å². The lowest BCUT2D eigenvalue weighted by Gasteiger charge is -2.29. The van der Waals surface area contributed by atoms with E-state index in [4.69, 9.17) is 21.7 Å². The third kappa shape index (κ3) is 7.31. The number of carbonyl (C=O) groups is 1. The normalized spacial score (nSPS) is 20.0. The summed E-state index contributed by atoms with van der Waals surface area (Å²) in [6.45, 7) is 2.75. The minimum atomic E-state index is -3.13. The van der Waals surface area contributed by atoms with Crippen LogP contribution >= 0.6 is 28.3 Å². The number of ether oxygens (including phenoxy) is 2. The van der Waals surface area contributed by atoms with E-state index in [0.29, 0.717) is 48.9 Å². The van der Waals surface area contributed by atoms with Crippen LogP contribution in [0.1, 0.15) is 5.56 Å². The SMILES string of the molecule is O=C1O[C@@H](CNC(=S)Nc2ccc(CC([PH](=O)O)[PH](=O)O)cc2)CN1c1ccc(N2CCOCC2)c(F)c1. The third-order valence-corrected chi connectivity index (χ3v) is 9.54. The van der Waals surface area contributed by atoms with Gasteiger partial charge >= 0.3 is 6.09 Å². The number of rotatable bonds is 9. The molecule has 2 unspecified atom stereocenters. The molecule has 15 heteroatoms. The smallest absolute Gasteiger partial charge is 0.414 e. The van der Waals surface area contributed by atoms with Crippen molar-refractivity contribution in [1.29, 1.82) is 0 Å². The van der Waals surface area contributed by atoms with Gasteiger partial charge in [0.1, 0.15) is 17.3 Å². The van der Waals surface area contributed by atoms with Gasteiger partial charge < -0.3 is 34.8 Å². The summed E-state index contributed by atoms with van der Waals surface area (Å²) in [6.07, 6.45) is -1.06. The zero-order valence-corrected chi connectivity index (χ0v) is 23.1. The highest BCUT2D eigenvalue weighted by atomic mass is 32.1. The van der Waals surface area contributed by atoms with Crippen LogP contribution in [0.2, 0.25) is 0 Å². The molecule has 11 nitrogen and oxygen atoms in total. The highest BCUT2D eigenvalue weighted by Crippen LogP contribution is 2.41. The van der Waals surface area contributed by atoms with Crippen molar-refractivity contribution in [3.05, 3.63) is 53.8 Å². The fourth-order valence-electron chi connectivity index (χ4n) is 4.19. The lowest BCUT2D eigenvalue weighted by molar-refractivity contribution is 0.122. The zero-order chi connectivity index (χ0) is 27.2. The van der Waals surface area contributed by atoms with Gasteiger partial charge in [-0.1, -0.05) is 12.1 Å². The molecule has 2 aromatic carbocycles. The summed E-state index contributed by atoms with van der Waals surface area (Å²) in [5.41, 5.74) is 2.16. The fourth-order valence-corrected chi connectivity index (χ4v) is 6.05. The molecule has 2 saturated heterocycles. The van der Waals surface area contributed by atoms with E-state index in [-0.39, 0.29) is 24.6 Å². The largest absolute Gasteiger partial charge is 0.442 e. The van der Waals surface area contributed by atoms with Crippen molar-refractivity contribution in [3.8, 4) is 0 Å². The van der Waals surface area contributed by atoms with E-state index in [9.17, 15) is 28.1 Å². The molecule has 0 aromatic heterocycles. The third-order valence-electron chi connectivity index (χ3n) is 6.21. The van der Waals surface area contributed by atoms with Gasteiger partial charge in [-0.3, -0.25) is 14.0 Å². The van der Waals surface area contributed by atoms with E-state index in [1.54, 1.807) is 36.4 Å². The van der Waals surface area contributed by atoms with Gasteiger partial charge in [0.15, 0.2) is 5.11 Å². The average molecular weight is 587 g/mol. The number of benzene rings is 2. The quantitative estimate of drug-likeness (QED) is 0.255. The molecule has 0 spiro atoms. The minimum Gasteiger partial charge on any atom is -0.442 e. The monoisotopic (exact) mass is 586 g/mol. The maximum absolute atomic E-state index is 14.8. The molecule has 38 heavy (non-hydrogen) atoms. The van der Waals surface area contributed by atoms with E-state index < -0.39 is 39.5 Å². The molecule has 206 valence electrons. The molecule has 4 rings (SSSR count). The Morgan fingerprint density at radius 1 is 1.13 bits per heavy atom. The van der Waals surface area contributed by atoms with Crippen molar-refractivity contribution >= 4 is 56.5 Å². The van der Waals surface area contributed by atoms with E-state index in [1.165, 1.54) is 11.0 Å². The van der Waals surface area contributed by atoms with Crippen LogP contribution in [-0.4, -0.2) is 71.9 Å². The molecule has 2 aliphatic heterocycles. The maximum Gasteiger partial charge on any atom is 0.414 e. The number of thiocarbonyl (C=S) groups is 1. The Kier molecular flexibility index (Phi) is 9.75. The first kappa shape index (κ1) is 28.5. The second-order valence-corrected chi connectivity index (χ2v) is 12.5. The first-order chi connectivity index (χ1) is 18.2. The molecule has 3 atom stereocenters. The number of nitrogens with one attached hydrogen (secondary N) is 2. The Labute approximate surface area is 225 Å². The van der Waals surface area contributed by atoms with Gasteiger partial charge in [0.05, 0.1) is 37.7 Å². The summed E-state index contributed by atoms with van der Waals surface area (Å²) in [5.74, 6) is -0.415. The van der Waals surface area contributed by atoms with Crippen LogP contribution in [0.4, 0.5) is 26.2 Å². The van der Waals surface area contributed by atoms with E-state index in [1.807, 2.05) is 4.90 Å². The number of anilines is 3. The molecule has 0 radical (unpaired) electrons. The lowest BCUT2D eigenvalue weighted by Crippen LogP contribution is -2.37. The van der Waals surface area contributed by atoms with Crippen LogP contribution in [0.25, 0.3) is 0 Å². The number of hydrogen-bond donors (Lipinski definition) is 4. The number of carbonyl (C=O) groups excluding carboxylic acids is 1. The highest BCUT2D eigenvalue weighted by molar-refractivity contribution is 7.80. The van der Waals surface area contributed by atoms with Gasteiger partial charge in [0, 0.05) is 18.8 Å². The van der Waals surface area contributed by atoms with Crippen LogP contribution in [0.5, 0.6) is 0 Å². The predicted octanol–water partition coefficient (Wildman–Crippen LogP) is 2.78. The molecule has 1 amide bonds. The molecule has 0 bridgehead atoms. The highest BCUT2D eigenvalue weighted by Gasteiger charge is 2.33. The number of hydrogen-bond acceptors (Lipinski definition) is 7. The summed E-state index contributed by atoms with van der Waals surface area (Å²) in [5, 5.41) is 5.10. The Morgan fingerprint density at radius 2 is 1.82 bits per heavy atom. The molecule has 2 fully saturated rings. The standard InChI is InChI=1S/C23H29FN4O7P2S/c24-19-12-17(5-6-20(19)27-7-9-34-10-8-27)28-14-18(35-23(28)29)13-25-22(38)26-16-3-1-15(2-4-16)11-21(36(30)31)37(32)33/h1-6,12,18,21,36-37H,7-11,13-14H2,(H,30,31)(H,32,33)(H2,25,26,38)/t18-/m0/s1. The number of morpholine rings is 1. The van der Waals surface area contributed by atoms with Crippen molar-refractivity contribution in [2.75, 3.05) is 54.5 Å². The topological polar surface area (TPSA) is 141 Å². The summed E-state index contributed by atoms with van der Waals surface area (Å²) in [7, 11) is -6.25. The minimum absolute atomic E-state index is 0.0228. The molecule has 0 aliphatic carbocycles. The van der Waals surface area contributed by atoms with Crippen molar-refractivity contribution in [2.45, 2.75) is 17.9 Å². The molecule has 2 heterocycles. The molecule has 4 N–H and O–H groups in total. The number of cyclic esters (lactones) is 1. The number of nitrogens with zero attached hydrogens (tertiary/aromatic N) is 2. The summed E-state index contributed by atoms with van der Waals surface area (Å²) in [6, 6.07) is 11.4. The molecule has 2 aromatic rings. The average Bonchev–Trinajstić information content (AvgIpc) is 3.27. The van der Waals surface area contributed by atoms with Crippen molar-refractivity contribution in [1.82, 2.24) is 5.32 Å². The maximum atomic E-state index is 14.8. The van der Waals surface area contributed by atoms with Gasteiger partial charge in [-0.05, 0) is 54.5 Å². The molecule has 2 aliphatic rings. The van der Waals surface area contributed by atoms with Gasteiger partial charge in [-0.2, -0.15) is 0 Å². The first-order valence-electron chi connectivity index (χ1n) is 11.9. The van der Waals surface area contributed by atoms with Gasteiger partial charge in [-0.15, -0.1) is 0 Å². The van der Waals surface area contributed by atoms with Crippen LogP contribution < -0.4 is 20.4 Å². The van der Waals surface area contributed by atoms with Crippen LogP contribution in [-0.2, 0) is 25.0 Å².